The van der Waals surface area contributed by atoms with Gasteiger partial charge in [0.2, 0.25) is 0 Å². The minimum Gasteiger partial charge on any atom is -0.363 e. The van der Waals surface area contributed by atoms with Crippen molar-refractivity contribution in [1.29, 1.82) is 0 Å². The molecule has 140 valence electrons. The number of rotatable bonds is 2. The molecule has 0 unspecified atom stereocenters. The lowest BCUT2D eigenvalue weighted by molar-refractivity contribution is 0.588. The van der Waals surface area contributed by atoms with Crippen molar-refractivity contribution in [2.45, 2.75) is 40.0 Å². The highest BCUT2D eigenvalue weighted by molar-refractivity contribution is 5.73. The number of benzene rings is 2. The predicted molar refractivity (Wildman–Crippen MR) is 114 cm³/mol. The van der Waals surface area contributed by atoms with E-state index in [2.05, 4.69) is 92.2 Å². The fourth-order valence-electron chi connectivity index (χ4n) is 3.80. The first-order chi connectivity index (χ1) is 12.8. The van der Waals surface area contributed by atoms with Gasteiger partial charge in [-0.25, -0.2) is 4.99 Å². The summed E-state index contributed by atoms with van der Waals surface area (Å²) in [5.74, 6) is 2.09. The minimum atomic E-state index is 0.0679. The summed E-state index contributed by atoms with van der Waals surface area (Å²) >= 11 is 0. The SMILES string of the molecule is Cc1cccc(N2CN(c3cc(C)ccc3C(C)(C)C)C3=C2N=CCN3)c1. The molecular weight excluding hydrogens is 332 g/mol. The van der Waals surface area contributed by atoms with E-state index in [4.69, 9.17) is 4.99 Å². The maximum absolute atomic E-state index is 4.75. The van der Waals surface area contributed by atoms with Crippen molar-refractivity contribution in [3.8, 4) is 0 Å². The van der Waals surface area contributed by atoms with Crippen LogP contribution in [0.5, 0.6) is 0 Å². The molecule has 0 bridgehead atoms. The zero-order valence-corrected chi connectivity index (χ0v) is 16.9. The van der Waals surface area contributed by atoms with Crippen LogP contribution in [-0.2, 0) is 5.41 Å². The number of anilines is 2. The van der Waals surface area contributed by atoms with Gasteiger partial charge in [0.05, 0.1) is 6.54 Å². The van der Waals surface area contributed by atoms with Crippen LogP contribution in [0.4, 0.5) is 11.4 Å². The molecule has 0 aromatic heterocycles. The van der Waals surface area contributed by atoms with Crippen LogP contribution in [0.1, 0.15) is 37.5 Å². The topological polar surface area (TPSA) is 30.9 Å². The highest BCUT2D eigenvalue weighted by Crippen LogP contribution is 2.39. The smallest absolute Gasteiger partial charge is 0.175 e. The molecule has 0 radical (unpaired) electrons. The van der Waals surface area contributed by atoms with E-state index in [0.717, 1.165) is 24.9 Å². The van der Waals surface area contributed by atoms with Crippen molar-refractivity contribution in [2.24, 2.45) is 4.99 Å². The first-order valence-corrected chi connectivity index (χ1v) is 9.58. The molecule has 0 fully saturated rings. The summed E-state index contributed by atoms with van der Waals surface area (Å²) in [6.45, 7) is 12.6. The van der Waals surface area contributed by atoms with Gasteiger partial charge in [-0.3, -0.25) is 0 Å². The van der Waals surface area contributed by atoms with Gasteiger partial charge < -0.3 is 15.1 Å². The lowest BCUT2D eigenvalue weighted by Gasteiger charge is -2.31. The van der Waals surface area contributed by atoms with E-state index < -0.39 is 0 Å². The predicted octanol–water partition coefficient (Wildman–Crippen LogP) is 4.69. The average Bonchev–Trinajstić information content (AvgIpc) is 3.00. The second kappa shape index (κ2) is 6.45. The second-order valence-electron chi connectivity index (χ2n) is 8.47. The van der Waals surface area contributed by atoms with Crippen molar-refractivity contribution in [2.75, 3.05) is 23.0 Å². The second-order valence-corrected chi connectivity index (χ2v) is 8.47. The fourth-order valence-corrected chi connectivity index (χ4v) is 3.80. The molecule has 0 saturated carbocycles. The molecule has 2 aromatic carbocycles. The van der Waals surface area contributed by atoms with Gasteiger partial charge in [0.15, 0.2) is 11.6 Å². The summed E-state index contributed by atoms with van der Waals surface area (Å²) in [5, 5.41) is 3.56. The first-order valence-electron chi connectivity index (χ1n) is 9.58. The first kappa shape index (κ1) is 17.7. The van der Waals surface area contributed by atoms with Gasteiger partial charge >= 0.3 is 0 Å². The van der Waals surface area contributed by atoms with Crippen molar-refractivity contribution >= 4 is 17.6 Å². The van der Waals surface area contributed by atoms with Gasteiger partial charge in [-0.2, -0.15) is 0 Å². The Morgan fingerprint density at radius 3 is 2.48 bits per heavy atom. The van der Waals surface area contributed by atoms with Gasteiger partial charge in [-0.1, -0.05) is 45.0 Å². The van der Waals surface area contributed by atoms with Crippen molar-refractivity contribution in [3.05, 3.63) is 70.8 Å². The zero-order chi connectivity index (χ0) is 19.2. The maximum atomic E-state index is 4.75. The minimum absolute atomic E-state index is 0.0679. The Morgan fingerprint density at radius 2 is 1.74 bits per heavy atom. The molecule has 0 spiro atoms. The number of nitrogens with zero attached hydrogens (tertiary/aromatic N) is 3. The van der Waals surface area contributed by atoms with E-state index >= 15 is 0 Å². The Labute approximate surface area is 162 Å². The third-order valence-electron chi connectivity index (χ3n) is 5.16. The summed E-state index contributed by atoms with van der Waals surface area (Å²) in [6.07, 6.45) is 1.95. The monoisotopic (exact) mass is 360 g/mol. The average molecular weight is 361 g/mol. The quantitative estimate of drug-likeness (QED) is 0.843. The van der Waals surface area contributed by atoms with Gasteiger partial charge in [0.25, 0.3) is 0 Å². The van der Waals surface area contributed by atoms with Crippen molar-refractivity contribution in [1.82, 2.24) is 5.32 Å². The molecule has 4 nitrogen and oxygen atoms in total. The van der Waals surface area contributed by atoms with Crippen LogP contribution in [0.3, 0.4) is 0 Å². The Bertz CT molecular complexity index is 934. The molecule has 4 rings (SSSR count). The Kier molecular flexibility index (Phi) is 4.22. The molecule has 0 saturated heterocycles. The summed E-state index contributed by atoms with van der Waals surface area (Å²) in [4.78, 5) is 9.41. The van der Waals surface area contributed by atoms with Crippen LogP contribution in [-0.4, -0.2) is 19.4 Å². The molecule has 0 aliphatic carbocycles. The molecule has 2 aliphatic rings. The Hall–Kier alpha value is -2.75. The van der Waals surface area contributed by atoms with Crippen LogP contribution in [0.15, 0.2) is 59.1 Å². The van der Waals surface area contributed by atoms with Gasteiger partial charge in [-0.05, 0) is 54.2 Å². The molecule has 2 heterocycles. The normalized spacial score (nSPS) is 16.6. The largest absolute Gasteiger partial charge is 0.363 e. The number of hydrogen-bond donors (Lipinski definition) is 1. The van der Waals surface area contributed by atoms with Gasteiger partial charge in [-0.15, -0.1) is 0 Å². The lowest BCUT2D eigenvalue weighted by Crippen LogP contribution is -2.34. The summed E-state index contributed by atoms with van der Waals surface area (Å²) in [7, 11) is 0. The summed E-state index contributed by atoms with van der Waals surface area (Å²) in [6, 6.07) is 15.4. The summed E-state index contributed by atoms with van der Waals surface area (Å²) in [5.41, 5.74) is 6.38. The molecule has 0 amide bonds. The number of hydrogen-bond acceptors (Lipinski definition) is 4. The number of aliphatic imine (C=N–C) groups is 1. The third kappa shape index (κ3) is 3.20. The van der Waals surface area contributed by atoms with E-state index in [-0.39, 0.29) is 5.41 Å². The van der Waals surface area contributed by atoms with Crippen LogP contribution in [0.25, 0.3) is 0 Å². The van der Waals surface area contributed by atoms with Gasteiger partial charge in [0.1, 0.15) is 6.67 Å². The van der Waals surface area contributed by atoms with E-state index in [9.17, 15) is 0 Å². The lowest BCUT2D eigenvalue weighted by atomic mass is 9.85. The van der Waals surface area contributed by atoms with E-state index in [0.29, 0.717) is 0 Å². The Morgan fingerprint density at radius 1 is 0.963 bits per heavy atom. The molecule has 2 aromatic rings. The van der Waals surface area contributed by atoms with E-state index in [1.165, 1.54) is 28.1 Å². The Balaban J connectivity index is 1.83. The third-order valence-corrected chi connectivity index (χ3v) is 5.16. The van der Waals surface area contributed by atoms with Crippen LogP contribution in [0, 0.1) is 13.8 Å². The molecule has 0 atom stereocenters. The standard InChI is InChI=1S/C23H28N4/c1-16-7-6-8-18(13-16)26-15-27(22-21(26)24-11-12-25-22)20-14-17(2)9-10-19(20)23(3,4)5/h6-11,13-14,25H,12,15H2,1-5H3. The zero-order valence-electron chi connectivity index (χ0n) is 16.9. The molecular formula is C23H28N4. The maximum Gasteiger partial charge on any atom is 0.175 e. The van der Waals surface area contributed by atoms with Crippen LogP contribution in [0.2, 0.25) is 0 Å². The molecule has 27 heavy (non-hydrogen) atoms. The van der Waals surface area contributed by atoms with Crippen molar-refractivity contribution in [3.63, 3.8) is 0 Å². The van der Waals surface area contributed by atoms with E-state index in [1.807, 2.05) is 6.21 Å². The van der Waals surface area contributed by atoms with Crippen LogP contribution >= 0.6 is 0 Å². The van der Waals surface area contributed by atoms with E-state index in [1.54, 1.807) is 0 Å². The van der Waals surface area contributed by atoms with Gasteiger partial charge in [0, 0.05) is 17.6 Å². The summed E-state index contributed by atoms with van der Waals surface area (Å²) < 4.78 is 0. The number of aryl methyl sites for hydroxylation is 2. The highest BCUT2D eigenvalue weighted by atomic mass is 15.5. The van der Waals surface area contributed by atoms with Crippen molar-refractivity contribution < 1.29 is 0 Å². The molecule has 2 aliphatic heterocycles. The number of nitrogens with one attached hydrogen (secondary N) is 1. The van der Waals surface area contributed by atoms with Crippen LogP contribution < -0.4 is 15.1 Å². The molecule has 4 heteroatoms. The molecule has 1 N–H and O–H groups in total. The fraction of sp³-hybridized carbons (Fsp3) is 0.348. The highest BCUT2D eigenvalue weighted by Gasteiger charge is 2.34.